The Balaban J connectivity index is 2.00. The molecule has 0 atom stereocenters. The van der Waals surface area contributed by atoms with Crippen molar-refractivity contribution >= 4 is 16.0 Å². The molecule has 0 spiro atoms. The summed E-state index contributed by atoms with van der Waals surface area (Å²) in [5, 5.41) is 8.88. The van der Waals surface area contributed by atoms with Crippen molar-refractivity contribution in [2.24, 2.45) is 5.41 Å². The average molecular weight is 299 g/mol. The van der Waals surface area contributed by atoms with Gasteiger partial charge in [-0.1, -0.05) is 19.1 Å². The molecule has 0 bridgehead atoms. The van der Waals surface area contributed by atoms with Crippen molar-refractivity contribution in [1.82, 2.24) is 4.72 Å². The average Bonchev–Trinajstić information content (AvgIpc) is 2.34. The van der Waals surface area contributed by atoms with Gasteiger partial charge in [0, 0.05) is 12.0 Å². The molecular formula is C13H17NO5S. The van der Waals surface area contributed by atoms with Gasteiger partial charge >= 0.3 is 5.97 Å². The first-order valence-corrected chi connectivity index (χ1v) is 7.82. The minimum atomic E-state index is -3.48. The fourth-order valence-electron chi connectivity index (χ4n) is 1.90. The van der Waals surface area contributed by atoms with Gasteiger partial charge in [-0.05, 0) is 17.7 Å². The van der Waals surface area contributed by atoms with Crippen LogP contribution >= 0.6 is 0 Å². The fraction of sp³-hybridized carbons (Fsp3) is 0.462. The predicted molar refractivity (Wildman–Crippen MR) is 73.0 cm³/mol. The number of benzene rings is 1. The van der Waals surface area contributed by atoms with E-state index in [1.807, 2.05) is 6.92 Å². The van der Waals surface area contributed by atoms with Crippen LogP contribution in [0.15, 0.2) is 24.3 Å². The van der Waals surface area contributed by atoms with E-state index < -0.39 is 16.0 Å². The summed E-state index contributed by atoms with van der Waals surface area (Å²) in [6, 6.07) is 5.93. The molecule has 6 nitrogen and oxygen atoms in total. The molecule has 7 heteroatoms. The number of carboxylic acid groups (broad SMARTS) is 1. The number of rotatable bonds is 6. The van der Waals surface area contributed by atoms with E-state index in [0.717, 1.165) is 0 Å². The Hall–Kier alpha value is -1.44. The Morgan fingerprint density at radius 2 is 2.15 bits per heavy atom. The maximum atomic E-state index is 12.0. The first-order valence-electron chi connectivity index (χ1n) is 6.17. The van der Waals surface area contributed by atoms with Crippen molar-refractivity contribution in [2.45, 2.75) is 12.7 Å². The summed E-state index contributed by atoms with van der Waals surface area (Å²) in [6.07, 6.45) is 0. The van der Waals surface area contributed by atoms with Crippen LogP contribution < -0.4 is 4.72 Å². The summed E-state index contributed by atoms with van der Waals surface area (Å²) >= 11 is 0. The number of sulfonamides is 1. The molecule has 20 heavy (non-hydrogen) atoms. The van der Waals surface area contributed by atoms with Crippen LogP contribution in [0, 0.1) is 5.41 Å². The highest BCUT2D eigenvalue weighted by Gasteiger charge is 2.34. The topological polar surface area (TPSA) is 92.7 Å². The summed E-state index contributed by atoms with van der Waals surface area (Å²) in [6.45, 7) is 3.37. The third-order valence-corrected chi connectivity index (χ3v) is 4.45. The van der Waals surface area contributed by atoms with E-state index >= 15 is 0 Å². The molecule has 1 aromatic rings. The van der Waals surface area contributed by atoms with E-state index in [-0.39, 0.29) is 16.7 Å². The van der Waals surface area contributed by atoms with Crippen molar-refractivity contribution in [1.29, 1.82) is 0 Å². The highest BCUT2D eigenvalue weighted by molar-refractivity contribution is 7.88. The molecule has 1 heterocycles. The maximum absolute atomic E-state index is 12.0. The molecule has 1 fully saturated rings. The second-order valence-electron chi connectivity index (χ2n) is 5.39. The smallest absolute Gasteiger partial charge is 0.335 e. The zero-order chi connectivity index (χ0) is 14.8. The zero-order valence-electron chi connectivity index (χ0n) is 11.1. The molecule has 1 aliphatic rings. The standard InChI is InChI=1S/C13H17NO5S/c1-13(8-19-9-13)7-14-20(17,18)6-10-3-2-4-11(5-10)12(15)16/h2-5,14H,6-9H2,1H3,(H,15,16). The Morgan fingerprint density at radius 1 is 1.45 bits per heavy atom. The molecule has 0 amide bonds. The van der Waals surface area contributed by atoms with Gasteiger partial charge in [0.2, 0.25) is 10.0 Å². The predicted octanol–water partition coefficient (Wildman–Crippen LogP) is 0.841. The van der Waals surface area contributed by atoms with Crippen LogP contribution in [0.25, 0.3) is 0 Å². The SMILES string of the molecule is CC1(CNS(=O)(=O)Cc2cccc(C(=O)O)c2)COC1. The summed E-state index contributed by atoms with van der Waals surface area (Å²) in [4.78, 5) is 10.8. The van der Waals surface area contributed by atoms with E-state index in [0.29, 0.717) is 25.3 Å². The second-order valence-corrected chi connectivity index (χ2v) is 7.20. The summed E-state index contributed by atoms with van der Waals surface area (Å²) in [7, 11) is -3.48. The molecule has 0 aromatic heterocycles. The molecule has 0 aliphatic carbocycles. The molecule has 1 saturated heterocycles. The molecule has 0 saturated carbocycles. The maximum Gasteiger partial charge on any atom is 0.335 e. The molecule has 110 valence electrons. The van der Waals surface area contributed by atoms with Crippen LogP contribution in [0.2, 0.25) is 0 Å². The summed E-state index contributed by atoms with van der Waals surface area (Å²) in [5.74, 6) is -1.30. The lowest BCUT2D eigenvalue weighted by Crippen LogP contribution is -2.48. The molecule has 0 unspecified atom stereocenters. The number of aromatic carboxylic acids is 1. The van der Waals surface area contributed by atoms with Crippen LogP contribution in [0.4, 0.5) is 0 Å². The first-order chi connectivity index (χ1) is 9.30. The van der Waals surface area contributed by atoms with E-state index in [2.05, 4.69) is 4.72 Å². The van der Waals surface area contributed by atoms with Gasteiger partial charge in [-0.2, -0.15) is 0 Å². The molecular weight excluding hydrogens is 282 g/mol. The number of nitrogens with one attached hydrogen (secondary N) is 1. The minimum absolute atomic E-state index is 0.0806. The van der Waals surface area contributed by atoms with Gasteiger partial charge in [-0.15, -0.1) is 0 Å². The third kappa shape index (κ3) is 3.78. The van der Waals surface area contributed by atoms with Crippen LogP contribution in [0.1, 0.15) is 22.8 Å². The quantitative estimate of drug-likeness (QED) is 0.812. The lowest BCUT2D eigenvalue weighted by molar-refractivity contribution is -0.0965. The molecule has 1 aromatic carbocycles. The normalized spacial score (nSPS) is 17.4. The van der Waals surface area contributed by atoms with Crippen molar-refractivity contribution in [3.8, 4) is 0 Å². The van der Waals surface area contributed by atoms with Crippen molar-refractivity contribution in [2.75, 3.05) is 19.8 Å². The highest BCUT2D eigenvalue weighted by Crippen LogP contribution is 2.25. The fourth-order valence-corrected chi connectivity index (χ4v) is 3.19. The van der Waals surface area contributed by atoms with E-state index in [1.54, 1.807) is 6.07 Å². The Kier molecular flexibility index (Phi) is 4.12. The van der Waals surface area contributed by atoms with Crippen molar-refractivity contribution in [3.63, 3.8) is 0 Å². The van der Waals surface area contributed by atoms with Crippen molar-refractivity contribution < 1.29 is 23.1 Å². The summed E-state index contributed by atoms with van der Waals surface area (Å²) in [5.41, 5.74) is 0.389. The van der Waals surface area contributed by atoms with Gasteiger partial charge in [0.05, 0.1) is 24.5 Å². The van der Waals surface area contributed by atoms with Crippen LogP contribution in [-0.2, 0) is 20.5 Å². The summed E-state index contributed by atoms with van der Waals surface area (Å²) < 4.78 is 31.5. The number of ether oxygens (including phenoxy) is 1. The molecule has 0 radical (unpaired) electrons. The van der Waals surface area contributed by atoms with Crippen LogP contribution in [0.5, 0.6) is 0 Å². The molecule has 2 rings (SSSR count). The van der Waals surface area contributed by atoms with Crippen LogP contribution in [-0.4, -0.2) is 39.3 Å². The van der Waals surface area contributed by atoms with Crippen molar-refractivity contribution in [3.05, 3.63) is 35.4 Å². The highest BCUT2D eigenvalue weighted by atomic mass is 32.2. The van der Waals surface area contributed by atoms with E-state index in [1.165, 1.54) is 18.2 Å². The Morgan fingerprint density at radius 3 is 2.70 bits per heavy atom. The Labute approximate surface area is 117 Å². The second kappa shape index (κ2) is 5.51. The monoisotopic (exact) mass is 299 g/mol. The number of hydrogen-bond donors (Lipinski definition) is 2. The van der Waals surface area contributed by atoms with Gasteiger partial charge in [0.1, 0.15) is 0 Å². The zero-order valence-corrected chi connectivity index (χ0v) is 11.9. The van der Waals surface area contributed by atoms with Gasteiger partial charge in [0.25, 0.3) is 0 Å². The van der Waals surface area contributed by atoms with Gasteiger partial charge in [-0.3, -0.25) is 0 Å². The largest absolute Gasteiger partial charge is 0.478 e. The van der Waals surface area contributed by atoms with Gasteiger partial charge in [-0.25, -0.2) is 17.9 Å². The number of hydrogen-bond acceptors (Lipinski definition) is 4. The minimum Gasteiger partial charge on any atom is -0.478 e. The lowest BCUT2D eigenvalue weighted by Gasteiger charge is -2.37. The van der Waals surface area contributed by atoms with Crippen LogP contribution in [0.3, 0.4) is 0 Å². The molecule has 1 aliphatic heterocycles. The number of carbonyl (C=O) groups is 1. The third-order valence-electron chi connectivity index (χ3n) is 3.15. The van der Waals surface area contributed by atoms with Gasteiger partial charge in [0.15, 0.2) is 0 Å². The van der Waals surface area contributed by atoms with Gasteiger partial charge < -0.3 is 9.84 Å². The first kappa shape index (κ1) is 15.0. The van der Waals surface area contributed by atoms with E-state index in [4.69, 9.17) is 9.84 Å². The molecule has 2 N–H and O–H groups in total. The Bertz CT molecular complexity index is 607. The van der Waals surface area contributed by atoms with E-state index in [9.17, 15) is 13.2 Å². The number of carboxylic acids is 1. The lowest BCUT2D eigenvalue weighted by atomic mass is 9.89.